The molecule has 1 heterocycles. The van der Waals surface area contributed by atoms with Crippen LogP contribution in [0.3, 0.4) is 0 Å². The molecule has 19 heavy (non-hydrogen) atoms. The molecule has 0 saturated carbocycles. The van der Waals surface area contributed by atoms with Crippen LogP contribution in [0.15, 0.2) is 18.2 Å². The maximum Gasteiger partial charge on any atom is 0.416 e. The zero-order valence-electron chi connectivity index (χ0n) is 10.3. The van der Waals surface area contributed by atoms with Crippen molar-refractivity contribution >= 4 is 5.69 Å². The molecule has 0 bridgehead atoms. The van der Waals surface area contributed by atoms with Crippen LogP contribution >= 0.6 is 0 Å². The molecular weight excluding hydrogens is 257 g/mol. The average molecular weight is 270 g/mol. The molecule has 0 saturated heterocycles. The van der Waals surface area contributed by atoms with E-state index in [1.807, 2.05) is 6.92 Å². The monoisotopic (exact) mass is 270 g/mol. The van der Waals surface area contributed by atoms with Crippen LogP contribution in [0.25, 0.3) is 11.4 Å². The summed E-state index contributed by atoms with van der Waals surface area (Å²) in [4.78, 5) is 4.14. The lowest BCUT2D eigenvalue weighted by Gasteiger charge is -2.09. The molecule has 2 rings (SSSR count). The number of benzene rings is 1. The van der Waals surface area contributed by atoms with Crippen molar-refractivity contribution in [1.82, 2.24) is 15.2 Å². The van der Waals surface area contributed by atoms with Gasteiger partial charge in [-0.1, -0.05) is 6.92 Å². The highest BCUT2D eigenvalue weighted by Crippen LogP contribution is 2.33. The van der Waals surface area contributed by atoms with Gasteiger partial charge in [0.05, 0.1) is 5.56 Å². The largest absolute Gasteiger partial charge is 0.416 e. The minimum Gasteiger partial charge on any atom is -0.398 e. The van der Waals surface area contributed by atoms with E-state index >= 15 is 0 Å². The summed E-state index contributed by atoms with van der Waals surface area (Å²) in [5.74, 6) is 0.821. The van der Waals surface area contributed by atoms with Crippen molar-refractivity contribution in [3.8, 4) is 11.4 Å². The van der Waals surface area contributed by atoms with Crippen molar-refractivity contribution in [2.45, 2.75) is 25.9 Å². The van der Waals surface area contributed by atoms with Crippen LogP contribution < -0.4 is 5.73 Å². The van der Waals surface area contributed by atoms with E-state index < -0.39 is 11.7 Å². The van der Waals surface area contributed by atoms with Gasteiger partial charge in [0.15, 0.2) is 5.82 Å². The van der Waals surface area contributed by atoms with Crippen LogP contribution in [0.4, 0.5) is 18.9 Å². The van der Waals surface area contributed by atoms with Crippen LogP contribution in [-0.4, -0.2) is 15.2 Å². The fraction of sp³-hybridized carbons (Fsp3) is 0.333. The van der Waals surface area contributed by atoms with Gasteiger partial charge in [0, 0.05) is 17.7 Å². The Labute approximate surface area is 107 Å². The molecule has 7 heteroatoms. The Bertz CT molecular complexity index is 575. The van der Waals surface area contributed by atoms with Crippen LogP contribution in [0.2, 0.25) is 0 Å². The first-order valence-corrected chi connectivity index (χ1v) is 5.80. The molecule has 0 spiro atoms. The standard InChI is InChI=1S/C12H13F3N4/c1-2-3-10-17-11(19-18-10)8-6-7(12(13,14)15)4-5-9(8)16/h4-6H,2-3,16H2,1H3,(H,17,18,19). The van der Waals surface area contributed by atoms with Crippen molar-refractivity contribution in [3.63, 3.8) is 0 Å². The Balaban J connectivity index is 2.42. The van der Waals surface area contributed by atoms with Crippen molar-refractivity contribution in [1.29, 1.82) is 0 Å². The second kappa shape index (κ2) is 4.91. The minimum atomic E-state index is -4.41. The van der Waals surface area contributed by atoms with Crippen molar-refractivity contribution in [2.75, 3.05) is 5.73 Å². The quantitative estimate of drug-likeness (QED) is 0.842. The van der Waals surface area contributed by atoms with Crippen molar-refractivity contribution in [2.24, 2.45) is 0 Å². The number of nitrogens with one attached hydrogen (secondary N) is 1. The number of nitrogens with two attached hydrogens (primary N) is 1. The Morgan fingerprint density at radius 1 is 1.32 bits per heavy atom. The van der Waals surface area contributed by atoms with Gasteiger partial charge in [-0.15, -0.1) is 0 Å². The average Bonchev–Trinajstić information content (AvgIpc) is 2.77. The third kappa shape index (κ3) is 2.86. The third-order valence-corrected chi connectivity index (χ3v) is 2.64. The summed E-state index contributed by atoms with van der Waals surface area (Å²) >= 11 is 0. The Morgan fingerprint density at radius 2 is 2.05 bits per heavy atom. The number of aromatic nitrogens is 3. The molecular formula is C12H13F3N4. The molecule has 0 radical (unpaired) electrons. The third-order valence-electron chi connectivity index (χ3n) is 2.64. The maximum atomic E-state index is 12.7. The van der Waals surface area contributed by atoms with Gasteiger partial charge in [0.25, 0.3) is 0 Å². The van der Waals surface area contributed by atoms with Gasteiger partial charge in [-0.3, -0.25) is 5.10 Å². The fourth-order valence-electron chi connectivity index (χ4n) is 1.69. The smallest absolute Gasteiger partial charge is 0.398 e. The molecule has 0 aliphatic carbocycles. The van der Waals surface area contributed by atoms with Gasteiger partial charge in [0.1, 0.15) is 5.82 Å². The maximum absolute atomic E-state index is 12.7. The van der Waals surface area contributed by atoms with Crippen LogP contribution in [0.5, 0.6) is 0 Å². The fourth-order valence-corrected chi connectivity index (χ4v) is 1.69. The predicted molar refractivity (Wildman–Crippen MR) is 65.2 cm³/mol. The van der Waals surface area contributed by atoms with Gasteiger partial charge >= 0.3 is 6.18 Å². The molecule has 4 nitrogen and oxygen atoms in total. The van der Waals surface area contributed by atoms with Crippen molar-refractivity contribution in [3.05, 3.63) is 29.6 Å². The molecule has 0 atom stereocenters. The number of H-pyrrole nitrogens is 1. The number of nitrogen functional groups attached to an aromatic ring is 1. The molecule has 0 aliphatic rings. The lowest BCUT2D eigenvalue weighted by molar-refractivity contribution is -0.137. The van der Waals surface area contributed by atoms with E-state index in [0.717, 1.165) is 18.6 Å². The van der Waals surface area contributed by atoms with Gasteiger partial charge in [-0.25, -0.2) is 4.98 Å². The summed E-state index contributed by atoms with van der Waals surface area (Å²) in [6, 6.07) is 3.13. The van der Waals surface area contributed by atoms with Gasteiger partial charge < -0.3 is 5.73 Å². The first-order chi connectivity index (χ1) is 8.91. The number of rotatable bonds is 3. The number of nitrogens with zero attached hydrogens (tertiary/aromatic N) is 2. The number of hydrogen-bond donors (Lipinski definition) is 2. The first-order valence-electron chi connectivity index (χ1n) is 5.80. The molecule has 102 valence electrons. The molecule has 3 N–H and O–H groups in total. The number of alkyl halides is 3. The van der Waals surface area contributed by atoms with Gasteiger partial charge in [-0.05, 0) is 24.6 Å². The van der Waals surface area contributed by atoms with Gasteiger partial charge in [-0.2, -0.15) is 18.3 Å². The van der Waals surface area contributed by atoms with E-state index in [1.54, 1.807) is 0 Å². The number of halogens is 3. The highest BCUT2D eigenvalue weighted by atomic mass is 19.4. The molecule has 0 unspecified atom stereocenters. The second-order valence-electron chi connectivity index (χ2n) is 4.16. The summed E-state index contributed by atoms with van der Waals surface area (Å²) < 4.78 is 38.0. The summed E-state index contributed by atoms with van der Waals surface area (Å²) in [7, 11) is 0. The van der Waals surface area contributed by atoms with Crippen LogP contribution in [-0.2, 0) is 12.6 Å². The normalized spacial score (nSPS) is 11.8. The molecule has 1 aromatic carbocycles. The van der Waals surface area contributed by atoms with E-state index in [4.69, 9.17) is 5.73 Å². The zero-order valence-corrected chi connectivity index (χ0v) is 10.3. The topological polar surface area (TPSA) is 67.6 Å². The first kappa shape index (κ1) is 13.4. The summed E-state index contributed by atoms with van der Waals surface area (Å²) in [5, 5.41) is 6.60. The molecule has 1 aromatic heterocycles. The highest BCUT2D eigenvalue weighted by molar-refractivity contribution is 5.72. The van der Waals surface area contributed by atoms with Crippen LogP contribution in [0.1, 0.15) is 24.7 Å². The molecule has 0 fully saturated rings. The highest BCUT2D eigenvalue weighted by Gasteiger charge is 2.31. The van der Waals surface area contributed by atoms with Crippen LogP contribution in [0, 0.1) is 0 Å². The van der Waals surface area contributed by atoms with E-state index in [1.165, 1.54) is 6.07 Å². The summed E-state index contributed by atoms with van der Waals surface area (Å²) in [6.07, 6.45) is -2.86. The summed E-state index contributed by atoms with van der Waals surface area (Å²) in [5.41, 5.74) is 5.33. The predicted octanol–water partition coefficient (Wildman–Crippen LogP) is 3.03. The number of anilines is 1. The Morgan fingerprint density at radius 3 is 2.68 bits per heavy atom. The van der Waals surface area contributed by atoms with Gasteiger partial charge in [0.2, 0.25) is 0 Å². The minimum absolute atomic E-state index is 0.187. The summed E-state index contributed by atoms with van der Waals surface area (Å²) in [6.45, 7) is 1.97. The lowest BCUT2D eigenvalue weighted by Crippen LogP contribution is -2.06. The van der Waals surface area contributed by atoms with E-state index in [9.17, 15) is 13.2 Å². The zero-order chi connectivity index (χ0) is 14.0. The number of aryl methyl sites for hydroxylation is 1. The van der Waals surface area contributed by atoms with Crippen molar-refractivity contribution < 1.29 is 13.2 Å². The molecule has 0 aliphatic heterocycles. The lowest BCUT2D eigenvalue weighted by atomic mass is 10.1. The number of aromatic amines is 1. The second-order valence-corrected chi connectivity index (χ2v) is 4.16. The Hall–Kier alpha value is -2.05. The molecule has 0 amide bonds. The van der Waals surface area contributed by atoms with E-state index in [-0.39, 0.29) is 17.1 Å². The Kier molecular flexibility index (Phi) is 3.46. The number of hydrogen-bond acceptors (Lipinski definition) is 3. The molecule has 2 aromatic rings. The van der Waals surface area contributed by atoms with E-state index in [0.29, 0.717) is 12.2 Å². The SMILES string of the molecule is CCCc1nc(-c2cc(C(F)(F)F)ccc2N)n[nH]1. The van der Waals surface area contributed by atoms with E-state index in [2.05, 4.69) is 15.2 Å².